The second-order valence-electron chi connectivity index (χ2n) is 3.66. The third kappa shape index (κ3) is 2.63. The SMILES string of the molecule is CCn1cc(NC(=O)c2cccc(N)c2)cn1. The Balaban J connectivity index is 2.11. The largest absolute Gasteiger partial charge is 0.399 e. The summed E-state index contributed by atoms with van der Waals surface area (Å²) in [6, 6.07) is 6.85. The summed E-state index contributed by atoms with van der Waals surface area (Å²) in [7, 11) is 0. The summed E-state index contributed by atoms with van der Waals surface area (Å²) in [6.07, 6.45) is 3.40. The van der Waals surface area contributed by atoms with Crippen LogP contribution in [0.3, 0.4) is 0 Å². The van der Waals surface area contributed by atoms with Gasteiger partial charge in [-0.15, -0.1) is 0 Å². The van der Waals surface area contributed by atoms with Crippen LogP contribution in [0.1, 0.15) is 17.3 Å². The third-order valence-electron chi connectivity index (χ3n) is 2.36. The van der Waals surface area contributed by atoms with E-state index in [9.17, 15) is 4.79 Å². The molecular weight excluding hydrogens is 216 g/mol. The van der Waals surface area contributed by atoms with Gasteiger partial charge in [-0.1, -0.05) is 6.07 Å². The van der Waals surface area contributed by atoms with Gasteiger partial charge in [0, 0.05) is 24.0 Å². The second-order valence-corrected chi connectivity index (χ2v) is 3.66. The highest BCUT2D eigenvalue weighted by atomic mass is 16.1. The van der Waals surface area contributed by atoms with Gasteiger partial charge in [0.2, 0.25) is 0 Å². The number of nitrogens with one attached hydrogen (secondary N) is 1. The maximum atomic E-state index is 11.9. The van der Waals surface area contributed by atoms with Gasteiger partial charge in [-0.2, -0.15) is 5.10 Å². The molecule has 0 bridgehead atoms. The van der Waals surface area contributed by atoms with E-state index in [4.69, 9.17) is 5.73 Å². The van der Waals surface area contributed by atoms with Crippen molar-refractivity contribution in [2.24, 2.45) is 0 Å². The quantitative estimate of drug-likeness (QED) is 0.789. The molecule has 1 amide bonds. The Hall–Kier alpha value is -2.30. The van der Waals surface area contributed by atoms with Crippen LogP contribution in [0.2, 0.25) is 0 Å². The molecule has 0 aliphatic carbocycles. The van der Waals surface area contributed by atoms with Crippen molar-refractivity contribution in [1.29, 1.82) is 0 Å². The van der Waals surface area contributed by atoms with E-state index in [-0.39, 0.29) is 5.91 Å². The number of rotatable bonds is 3. The number of nitrogens with two attached hydrogens (primary N) is 1. The van der Waals surface area contributed by atoms with Crippen LogP contribution in [0.15, 0.2) is 36.7 Å². The van der Waals surface area contributed by atoms with E-state index < -0.39 is 0 Å². The first-order valence-electron chi connectivity index (χ1n) is 5.38. The molecule has 1 heterocycles. The second kappa shape index (κ2) is 4.69. The summed E-state index contributed by atoms with van der Waals surface area (Å²) < 4.78 is 1.75. The zero-order valence-corrected chi connectivity index (χ0v) is 9.55. The van der Waals surface area contributed by atoms with Crippen LogP contribution in [-0.4, -0.2) is 15.7 Å². The molecule has 3 N–H and O–H groups in total. The molecule has 0 spiro atoms. The Morgan fingerprint density at radius 3 is 3.00 bits per heavy atom. The summed E-state index contributed by atoms with van der Waals surface area (Å²) in [5.41, 5.74) is 7.41. The van der Waals surface area contributed by atoms with E-state index in [0.29, 0.717) is 16.9 Å². The summed E-state index contributed by atoms with van der Waals surface area (Å²) >= 11 is 0. The van der Waals surface area contributed by atoms with Gasteiger partial charge in [-0.25, -0.2) is 0 Å². The number of carbonyl (C=O) groups excluding carboxylic acids is 1. The number of nitrogens with zero attached hydrogens (tertiary/aromatic N) is 2. The summed E-state index contributed by atoms with van der Waals surface area (Å²) in [5.74, 6) is -0.187. The van der Waals surface area contributed by atoms with E-state index in [1.807, 2.05) is 6.92 Å². The van der Waals surface area contributed by atoms with Crippen LogP contribution >= 0.6 is 0 Å². The molecule has 0 saturated carbocycles. The first-order chi connectivity index (χ1) is 8.19. The fourth-order valence-corrected chi connectivity index (χ4v) is 1.48. The van der Waals surface area contributed by atoms with E-state index in [1.54, 1.807) is 41.3 Å². The van der Waals surface area contributed by atoms with Gasteiger partial charge in [0.25, 0.3) is 5.91 Å². The Bertz CT molecular complexity index is 533. The van der Waals surface area contributed by atoms with Gasteiger partial charge in [0.05, 0.1) is 11.9 Å². The predicted molar refractivity (Wildman–Crippen MR) is 66.7 cm³/mol. The molecular formula is C12H14N4O. The molecule has 5 heteroatoms. The number of amides is 1. The van der Waals surface area contributed by atoms with Gasteiger partial charge < -0.3 is 11.1 Å². The lowest BCUT2D eigenvalue weighted by Gasteiger charge is -2.02. The topological polar surface area (TPSA) is 72.9 Å². The van der Waals surface area contributed by atoms with Gasteiger partial charge in [-0.3, -0.25) is 9.48 Å². The summed E-state index contributed by atoms with van der Waals surface area (Å²) in [4.78, 5) is 11.9. The molecule has 0 radical (unpaired) electrons. The maximum Gasteiger partial charge on any atom is 0.255 e. The molecule has 1 aromatic carbocycles. The van der Waals surface area contributed by atoms with E-state index >= 15 is 0 Å². The van der Waals surface area contributed by atoms with Crippen molar-refractivity contribution in [3.05, 3.63) is 42.2 Å². The van der Waals surface area contributed by atoms with Crippen molar-refractivity contribution in [1.82, 2.24) is 9.78 Å². The van der Waals surface area contributed by atoms with Gasteiger partial charge >= 0.3 is 0 Å². The van der Waals surface area contributed by atoms with Crippen LogP contribution in [0.4, 0.5) is 11.4 Å². The third-order valence-corrected chi connectivity index (χ3v) is 2.36. The zero-order valence-electron chi connectivity index (χ0n) is 9.55. The molecule has 0 aliphatic rings. The lowest BCUT2D eigenvalue weighted by Crippen LogP contribution is -2.11. The number of benzene rings is 1. The number of carbonyl (C=O) groups is 1. The molecule has 0 unspecified atom stereocenters. The van der Waals surface area contributed by atoms with Crippen molar-refractivity contribution >= 4 is 17.3 Å². The molecule has 5 nitrogen and oxygen atoms in total. The zero-order chi connectivity index (χ0) is 12.3. The number of aromatic nitrogens is 2. The minimum Gasteiger partial charge on any atom is -0.399 e. The van der Waals surface area contributed by atoms with Crippen LogP contribution in [0, 0.1) is 0 Å². The van der Waals surface area contributed by atoms with Gasteiger partial charge in [-0.05, 0) is 25.1 Å². The van der Waals surface area contributed by atoms with Crippen molar-refractivity contribution in [2.45, 2.75) is 13.5 Å². The Morgan fingerprint density at radius 2 is 2.35 bits per heavy atom. The predicted octanol–water partition coefficient (Wildman–Crippen LogP) is 1.74. The number of nitrogen functional groups attached to an aromatic ring is 1. The fourth-order valence-electron chi connectivity index (χ4n) is 1.48. The first kappa shape index (κ1) is 11.2. The molecule has 1 aromatic heterocycles. The van der Waals surface area contributed by atoms with Gasteiger partial charge in [0.1, 0.15) is 0 Å². The average molecular weight is 230 g/mol. The van der Waals surface area contributed by atoms with Gasteiger partial charge in [0.15, 0.2) is 0 Å². The highest BCUT2D eigenvalue weighted by Gasteiger charge is 2.07. The lowest BCUT2D eigenvalue weighted by molar-refractivity contribution is 0.102. The molecule has 0 fully saturated rings. The minimum absolute atomic E-state index is 0.187. The molecule has 0 atom stereocenters. The standard InChI is InChI=1S/C12H14N4O/c1-2-16-8-11(7-14-16)15-12(17)9-4-3-5-10(13)6-9/h3-8H,2,13H2,1H3,(H,15,17). The van der Waals surface area contributed by atoms with E-state index in [1.165, 1.54) is 0 Å². The van der Waals surface area contributed by atoms with Crippen molar-refractivity contribution < 1.29 is 4.79 Å². The number of anilines is 2. The molecule has 2 aromatic rings. The van der Waals surface area contributed by atoms with Crippen LogP contribution in [0.25, 0.3) is 0 Å². The Labute approximate surface area is 99.2 Å². The van der Waals surface area contributed by atoms with Crippen molar-refractivity contribution in [3.8, 4) is 0 Å². The smallest absolute Gasteiger partial charge is 0.255 e. The molecule has 2 rings (SSSR count). The minimum atomic E-state index is -0.187. The van der Waals surface area contributed by atoms with Crippen LogP contribution < -0.4 is 11.1 Å². The molecule has 17 heavy (non-hydrogen) atoms. The molecule has 0 saturated heterocycles. The maximum absolute atomic E-state index is 11.9. The highest BCUT2D eigenvalue weighted by molar-refractivity contribution is 6.04. The lowest BCUT2D eigenvalue weighted by atomic mass is 10.2. The molecule has 88 valence electrons. The number of hydrogen-bond donors (Lipinski definition) is 2. The van der Waals surface area contributed by atoms with E-state index in [0.717, 1.165) is 6.54 Å². The van der Waals surface area contributed by atoms with Crippen LogP contribution in [0.5, 0.6) is 0 Å². The van der Waals surface area contributed by atoms with Crippen LogP contribution in [-0.2, 0) is 6.54 Å². The average Bonchev–Trinajstić information content (AvgIpc) is 2.77. The van der Waals surface area contributed by atoms with E-state index in [2.05, 4.69) is 10.4 Å². The summed E-state index contributed by atoms with van der Waals surface area (Å²) in [6.45, 7) is 2.75. The summed E-state index contributed by atoms with van der Waals surface area (Å²) in [5, 5.41) is 6.84. The monoisotopic (exact) mass is 230 g/mol. The van der Waals surface area contributed by atoms with Crippen molar-refractivity contribution in [2.75, 3.05) is 11.1 Å². The fraction of sp³-hybridized carbons (Fsp3) is 0.167. The number of hydrogen-bond acceptors (Lipinski definition) is 3. The Morgan fingerprint density at radius 1 is 1.53 bits per heavy atom. The first-order valence-corrected chi connectivity index (χ1v) is 5.38. The van der Waals surface area contributed by atoms with Crippen molar-refractivity contribution in [3.63, 3.8) is 0 Å². The Kier molecular flexibility index (Phi) is 3.09. The molecule has 0 aliphatic heterocycles. The number of aryl methyl sites for hydroxylation is 1. The highest BCUT2D eigenvalue weighted by Crippen LogP contribution is 2.10. The normalized spacial score (nSPS) is 10.2.